The van der Waals surface area contributed by atoms with Crippen LogP contribution in [0.3, 0.4) is 0 Å². The molecule has 0 radical (unpaired) electrons. The van der Waals surface area contributed by atoms with Gasteiger partial charge in [-0.1, -0.05) is 165 Å². The number of anilines is 6. The Morgan fingerprint density at radius 3 is 1.45 bits per heavy atom. The molecule has 71 heavy (non-hydrogen) atoms. The lowest BCUT2D eigenvalue weighted by Gasteiger charge is -2.31. The molecular weight excluding hydrogens is 865 g/mol. The Labute approximate surface area is 412 Å². The normalized spacial score (nSPS) is 13.6. The summed E-state index contributed by atoms with van der Waals surface area (Å²) in [5, 5.41) is 10.5. The van der Waals surface area contributed by atoms with Gasteiger partial charge in [-0.15, -0.1) is 0 Å². The van der Waals surface area contributed by atoms with Crippen LogP contribution in [-0.2, 0) is 0 Å². The largest absolute Gasteiger partial charge is 0.454 e. The Morgan fingerprint density at radius 2 is 0.873 bits per heavy atom. The van der Waals surface area contributed by atoms with Crippen LogP contribution in [0.25, 0.3) is 93.6 Å². The van der Waals surface area contributed by atoms with Crippen molar-refractivity contribution in [2.75, 3.05) is 9.80 Å². The number of hydrogen-bond acceptors (Lipinski definition) is 4. The molecule has 11 aromatic carbocycles. The Morgan fingerprint density at radius 1 is 0.394 bits per heavy atom. The van der Waals surface area contributed by atoms with Gasteiger partial charge in [0.1, 0.15) is 11.3 Å². The Bertz CT molecular complexity index is 4250. The third kappa shape index (κ3) is 6.31. The van der Waals surface area contributed by atoms with Crippen molar-refractivity contribution in [3.8, 4) is 22.3 Å². The molecule has 0 bridgehead atoms. The fourth-order valence-corrected chi connectivity index (χ4v) is 11.8. The zero-order valence-corrected chi connectivity index (χ0v) is 39.8. The molecule has 13 aromatic rings. The standard InChI is InChI=1S/C67H48N2O2/c1-41-19-10-12-26-46(41)55-39-59(68(44-22-6-4-7-23-44)57-31-17-29-51-48-28-14-15-33-61(48)70-66(51)57)52-37-35-50-56(47-27-13-11-20-42(47)2)40-60(53-38-36-49(55)64(52)65(50)53)69(45-24-8-5-9-25-45)58-32-18-30-54-63-43(3)21-16-34-62(63)71-67(54)58/h4-20,22-40,43H,21H2,1-3H3. The van der Waals surface area contributed by atoms with E-state index in [0.717, 1.165) is 84.6 Å². The number of allylic oxidation sites excluding steroid dienone is 1. The molecule has 1 unspecified atom stereocenters. The summed E-state index contributed by atoms with van der Waals surface area (Å²) in [6, 6.07) is 75.2. The highest BCUT2D eigenvalue weighted by Gasteiger charge is 2.30. The van der Waals surface area contributed by atoms with Crippen molar-refractivity contribution < 1.29 is 8.83 Å². The van der Waals surface area contributed by atoms with Crippen molar-refractivity contribution in [3.05, 3.63) is 235 Å². The number of benzene rings is 11. The summed E-state index contributed by atoms with van der Waals surface area (Å²) in [5.41, 5.74) is 17.3. The van der Waals surface area contributed by atoms with Gasteiger partial charge in [0.05, 0.1) is 22.7 Å². The second-order valence-corrected chi connectivity index (χ2v) is 19.3. The Kier molecular flexibility index (Phi) is 9.34. The molecule has 2 heterocycles. The highest BCUT2D eigenvalue weighted by Crippen LogP contribution is 2.54. The topological polar surface area (TPSA) is 32.8 Å². The van der Waals surface area contributed by atoms with Crippen molar-refractivity contribution in [2.24, 2.45) is 0 Å². The number of furan rings is 2. The molecule has 0 fully saturated rings. The quantitative estimate of drug-likeness (QED) is 0.142. The first-order valence-corrected chi connectivity index (χ1v) is 24.7. The minimum atomic E-state index is 0.352. The van der Waals surface area contributed by atoms with Gasteiger partial charge in [0.2, 0.25) is 0 Å². The summed E-state index contributed by atoms with van der Waals surface area (Å²) in [6.45, 7) is 6.77. The van der Waals surface area contributed by atoms with E-state index < -0.39 is 0 Å². The van der Waals surface area contributed by atoms with Crippen LogP contribution in [0, 0.1) is 13.8 Å². The van der Waals surface area contributed by atoms with E-state index >= 15 is 0 Å². The summed E-state index contributed by atoms with van der Waals surface area (Å²) in [4.78, 5) is 4.87. The van der Waals surface area contributed by atoms with Crippen molar-refractivity contribution in [2.45, 2.75) is 33.1 Å². The minimum absolute atomic E-state index is 0.352. The van der Waals surface area contributed by atoms with Crippen molar-refractivity contribution in [3.63, 3.8) is 0 Å². The summed E-state index contributed by atoms with van der Waals surface area (Å²) in [7, 11) is 0. The fraction of sp³-hybridized carbons (Fsp3) is 0.0746. The van der Waals surface area contributed by atoms with Crippen LogP contribution in [0.2, 0.25) is 0 Å². The number of aryl methyl sites for hydroxylation is 2. The molecule has 1 aliphatic rings. The van der Waals surface area contributed by atoms with Crippen molar-refractivity contribution in [1.29, 1.82) is 0 Å². The molecule has 0 amide bonds. The van der Waals surface area contributed by atoms with Gasteiger partial charge >= 0.3 is 0 Å². The summed E-state index contributed by atoms with van der Waals surface area (Å²) in [6.07, 6.45) is 5.40. The molecule has 0 saturated heterocycles. The average molecular weight is 913 g/mol. The van der Waals surface area contributed by atoms with Crippen LogP contribution in [-0.4, -0.2) is 0 Å². The molecule has 338 valence electrons. The van der Waals surface area contributed by atoms with Crippen LogP contribution in [0.1, 0.15) is 41.7 Å². The molecule has 2 aromatic heterocycles. The van der Waals surface area contributed by atoms with E-state index in [2.05, 4.69) is 243 Å². The average Bonchev–Trinajstić information content (AvgIpc) is 4.00. The third-order valence-corrected chi connectivity index (χ3v) is 15.1. The van der Waals surface area contributed by atoms with Gasteiger partial charge in [-0.05, 0) is 131 Å². The van der Waals surface area contributed by atoms with Crippen LogP contribution >= 0.6 is 0 Å². The number of hydrogen-bond donors (Lipinski definition) is 0. The maximum atomic E-state index is 6.99. The molecule has 14 rings (SSSR count). The number of para-hydroxylation sites is 5. The van der Waals surface area contributed by atoms with E-state index in [1.165, 1.54) is 65.9 Å². The highest BCUT2D eigenvalue weighted by molar-refractivity contribution is 6.33. The number of rotatable bonds is 8. The SMILES string of the molecule is Cc1ccccc1-c1cc(N(c2ccccc2)c2cccc3c4c(oc23)C=CCC4C)c2ccc3c(-c4ccccc4C)cc(N(c4ccccc4)c4cccc5c4oc4ccccc45)c4ccc1c2c34. The van der Waals surface area contributed by atoms with Crippen LogP contribution < -0.4 is 9.80 Å². The lowest BCUT2D eigenvalue weighted by Crippen LogP contribution is -2.12. The second kappa shape index (κ2) is 16.1. The van der Waals surface area contributed by atoms with E-state index in [4.69, 9.17) is 8.83 Å². The zero-order chi connectivity index (χ0) is 47.3. The molecule has 1 atom stereocenters. The van der Waals surface area contributed by atoms with Gasteiger partial charge in [-0.2, -0.15) is 0 Å². The lowest BCUT2D eigenvalue weighted by molar-refractivity contribution is 0.586. The van der Waals surface area contributed by atoms with Crippen molar-refractivity contribution >= 4 is 105 Å². The molecule has 4 heteroatoms. The zero-order valence-electron chi connectivity index (χ0n) is 39.8. The summed E-state index contributed by atoms with van der Waals surface area (Å²) < 4.78 is 13.9. The van der Waals surface area contributed by atoms with Gasteiger partial charge in [-0.25, -0.2) is 0 Å². The first-order chi connectivity index (χ1) is 35.0. The van der Waals surface area contributed by atoms with E-state index in [1.54, 1.807) is 0 Å². The molecule has 0 spiro atoms. The first kappa shape index (κ1) is 41.1. The lowest BCUT2D eigenvalue weighted by atomic mass is 9.84. The number of fused-ring (bicyclic) bond motifs is 6. The Balaban J connectivity index is 1.15. The van der Waals surface area contributed by atoms with Gasteiger partial charge < -0.3 is 18.6 Å². The molecule has 0 aliphatic heterocycles. The predicted octanol–water partition coefficient (Wildman–Crippen LogP) is 19.6. The van der Waals surface area contributed by atoms with Gasteiger partial charge in [-0.3, -0.25) is 0 Å². The van der Waals surface area contributed by atoms with Gasteiger partial charge in [0, 0.05) is 54.6 Å². The van der Waals surface area contributed by atoms with Gasteiger partial charge in [0.25, 0.3) is 0 Å². The smallest absolute Gasteiger partial charge is 0.159 e. The van der Waals surface area contributed by atoms with E-state index in [-0.39, 0.29) is 0 Å². The van der Waals surface area contributed by atoms with E-state index in [9.17, 15) is 0 Å². The van der Waals surface area contributed by atoms with E-state index in [0.29, 0.717) is 5.92 Å². The minimum Gasteiger partial charge on any atom is -0.454 e. The molecular formula is C67H48N2O2. The van der Waals surface area contributed by atoms with Crippen molar-refractivity contribution in [1.82, 2.24) is 0 Å². The molecule has 4 nitrogen and oxygen atoms in total. The molecule has 1 aliphatic carbocycles. The maximum absolute atomic E-state index is 6.99. The fourth-order valence-electron chi connectivity index (χ4n) is 11.8. The van der Waals surface area contributed by atoms with Crippen LogP contribution in [0.5, 0.6) is 0 Å². The highest BCUT2D eigenvalue weighted by atomic mass is 16.3. The summed E-state index contributed by atoms with van der Waals surface area (Å²) >= 11 is 0. The summed E-state index contributed by atoms with van der Waals surface area (Å²) in [5.74, 6) is 1.30. The predicted molar refractivity (Wildman–Crippen MR) is 299 cm³/mol. The Hall–Kier alpha value is -8.86. The molecule has 0 saturated carbocycles. The monoisotopic (exact) mass is 912 g/mol. The first-order valence-electron chi connectivity index (χ1n) is 24.7. The third-order valence-electron chi connectivity index (χ3n) is 15.1. The van der Waals surface area contributed by atoms with Crippen LogP contribution in [0.4, 0.5) is 34.1 Å². The molecule has 0 N–H and O–H groups in total. The van der Waals surface area contributed by atoms with Crippen LogP contribution in [0.15, 0.2) is 221 Å². The van der Waals surface area contributed by atoms with E-state index in [1.807, 2.05) is 6.07 Å². The maximum Gasteiger partial charge on any atom is 0.159 e. The van der Waals surface area contributed by atoms with Gasteiger partial charge in [0.15, 0.2) is 11.2 Å². The second-order valence-electron chi connectivity index (χ2n) is 19.3. The number of nitrogens with zero attached hydrogens (tertiary/aromatic N) is 2.